The number of benzene rings is 1. The summed E-state index contributed by atoms with van der Waals surface area (Å²) in [5.41, 5.74) is 0. The number of ether oxygens (including phenoxy) is 2. The van der Waals surface area contributed by atoms with E-state index in [1.54, 1.807) is 7.11 Å². The van der Waals surface area contributed by atoms with Crippen LogP contribution >= 0.6 is 0 Å². The summed E-state index contributed by atoms with van der Waals surface area (Å²) >= 11 is 0. The molecule has 96 valence electrons. The van der Waals surface area contributed by atoms with Gasteiger partial charge in [0.05, 0.1) is 7.11 Å². The topological polar surface area (TPSA) is 30.5 Å². The van der Waals surface area contributed by atoms with Gasteiger partial charge >= 0.3 is 0 Å². The summed E-state index contributed by atoms with van der Waals surface area (Å²) in [5, 5.41) is 3.36. The van der Waals surface area contributed by atoms with Gasteiger partial charge in [-0.3, -0.25) is 0 Å². The van der Waals surface area contributed by atoms with E-state index < -0.39 is 0 Å². The van der Waals surface area contributed by atoms with Crippen molar-refractivity contribution in [3.8, 4) is 11.5 Å². The van der Waals surface area contributed by atoms with Crippen molar-refractivity contribution in [2.24, 2.45) is 5.92 Å². The van der Waals surface area contributed by atoms with Crippen LogP contribution in [0.25, 0.3) is 0 Å². The van der Waals surface area contributed by atoms with Crippen LogP contribution in [0.1, 0.15) is 20.3 Å². The normalized spacial score (nSPS) is 10.6. The summed E-state index contributed by atoms with van der Waals surface area (Å²) in [5.74, 6) is 2.49. The van der Waals surface area contributed by atoms with Crippen LogP contribution < -0.4 is 14.8 Å². The third kappa shape index (κ3) is 6.17. The highest BCUT2D eigenvalue weighted by Gasteiger charge is 1.96. The van der Waals surface area contributed by atoms with Crippen molar-refractivity contribution in [2.45, 2.75) is 20.3 Å². The van der Waals surface area contributed by atoms with Gasteiger partial charge in [-0.25, -0.2) is 0 Å². The standard InChI is InChI=1S/C14H23NO2/c1-12(2)8-9-15-10-11-17-14-6-4-13(16-3)5-7-14/h4-7,12,15H,8-11H2,1-3H3. The number of hydrogen-bond donors (Lipinski definition) is 1. The SMILES string of the molecule is COc1ccc(OCCNCCC(C)C)cc1. The third-order valence-corrected chi connectivity index (χ3v) is 2.51. The van der Waals surface area contributed by atoms with Crippen LogP contribution in [0.5, 0.6) is 11.5 Å². The fourth-order valence-corrected chi connectivity index (χ4v) is 1.43. The first kappa shape index (κ1) is 13.8. The summed E-state index contributed by atoms with van der Waals surface area (Å²) in [4.78, 5) is 0. The molecule has 0 aromatic heterocycles. The minimum atomic E-state index is 0.699. The average molecular weight is 237 g/mol. The molecule has 0 amide bonds. The predicted octanol–water partition coefficient (Wildman–Crippen LogP) is 2.71. The summed E-state index contributed by atoms with van der Waals surface area (Å²) in [6, 6.07) is 7.66. The van der Waals surface area contributed by atoms with E-state index in [9.17, 15) is 0 Å². The molecule has 0 bridgehead atoms. The van der Waals surface area contributed by atoms with Crippen LogP contribution in [0.4, 0.5) is 0 Å². The maximum Gasteiger partial charge on any atom is 0.119 e. The Morgan fingerprint density at radius 1 is 1.06 bits per heavy atom. The Bertz CT molecular complexity index is 296. The highest BCUT2D eigenvalue weighted by molar-refractivity contribution is 5.31. The van der Waals surface area contributed by atoms with Gasteiger partial charge in [0.1, 0.15) is 18.1 Å². The van der Waals surface area contributed by atoms with Crippen LogP contribution in [-0.4, -0.2) is 26.8 Å². The first-order valence-corrected chi connectivity index (χ1v) is 6.20. The van der Waals surface area contributed by atoms with Gasteiger partial charge in [0.15, 0.2) is 0 Å². The Balaban J connectivity index is 2.09. The lowest BCUT2D eigenvalue weighted by atomic mass is 10.1. The van der Waals surface area contributed by atoms with Crippen LogP contribution in [0.15, 0.2) is 24.3 Å². The van der Waals surface area contributed by atoms with Gasteiger partial charge < -0.3 is 14.8 Å². The molecular formula is C14H23NO2. The van der Waals surface area contributed by atoms with Gasteiger partial charge in [-0.15, -0.1) is 0 Å². The van der Waals surface area contributed by atoms with Crippen molar-refractivity contribution >= 4 is 0 Å². The maximum absolute atomic E-state index is 5.59. The Labute approximate surface area is 104 Å². The van der Waals surface area contributed by atoms with Gasteiger partial charge in [0.2, 0.25) is 0 Å². The molecule has 0 aliphatic carbocycles. The molecule has 1 N–H and O–H groups in total. The molecule has 1 aromatic carbocycles. The molecule has 0 saturated carbocycles. The molecule has 0 saturated heterocycles. The summed E-state index contributed by atoms with van der Waals surface area (Å²) < 4.78 is 10.7. The van der Waals surface area contributed by atoms with E-state index in [0.717, 1.165) is 30.5 Å². The fourth-order valence-electron chi connectivity index (χ4n) is 1.43. The van der Waals surface area contributed by atoms with E-state index in [2.05, 4.69) is 19.2 Å². The number of hydrogen-bond acceptors (Lipinski definition) is 3. The monoisotopic (exact) mass is 237 g/mol. The number of nitrogens with one attached hydrogen (secondary N) is 1. The highest BCUT2D eigenvalue weighted by atomic mass is 16.5. The minimum Gasteiger partial charge on any atom is -0.497 e. The second-order valence-corrected chi connectivity index (χ2v) is 4.46. The summed E-state index contributed by atoms with van der Waals surface area (Å²) in [6.07, 6.45) is 1.21. The molecule has 3 heteroatoms. The molecule has 1 aromatic rings. The van der Waals surface area contributed by atoms with Crippen molar-refractivity contribution in [1.82, 2.24) is 5.32 Å². The molecule has 0 aliphatic heterocycles. The van der Waals surface area contributed by atoms with E-state index in [-0.39, 0.29) is 0 Å². The van der Waals surface area contributed by atoms with Gasteiger partial charge in [-0.2, -0.15) is 0 Å². The first-order chi connectivity index (χ1) is 8.22. The molecule has 0 heterocycles. The molecule has 0 spiro atoms. The summed E-state index contributed by atoms with van der Waals surface area (Å²) in [6.45, 7) is 7.11. The molecule has 3 nitrogen and oxygen atoms in total. The average Bonchev–Trinajstić information content (AvgIpc) is 2.34. The molecule has 0 aliphatic rings. The van der Waals surface area contributed by atoms with Crippen LogP contribution in [0.2, 0.25) is 0 Å². The summed E-state index contributed by atoms with van der Waals surface area (Å²) in [7, 11) is 1.66. The maximum atomic E-state index is 5.59. The van der Waals surface area contributed by atoms with Gasteiger partial charge in [-0.05, 0) is 43.1 Å². The Morgan fingerprint density at radius 2 is 1.71 bits per heavy atom. The van der Waals surface area contributed by atoms with E-state index in [0.29, 0.717) is 6.61 Å². The fraction of sp³-hybridized carbons (Fsp3) is 0.571. The number of rotatable bonds is 8. The van der Waals surface area contributed by atoms with Crippen molar-refractivity contribution in [1.29, 1.82) is 0 Å². The lowest BCUT2D eigenvalue weighted by Crippen LogP contribution is -2.22. The largest absolute Gasteiger partial charge is 0.497 e. The second-order valence-electron chi connectivity index (χ2n) is 4.46. The Morgan fingerprint density at radius 3 is 2.29 bits per heavy atom. The Kier molecular flexibility index (Phi) is 6.48. The number of methoxy groups -OCH3 is 1. The van der Waals surface area contributed by atoms with Crippen LogP contribution in [-0.2, 0) is 0 Å². The zero-order valence-corrected chi connectivity index (χ0v) is 11.0. The molecule has 0 fully saturated rings. The molecule has 1 rings (SSSR count). The smallest absolute Gasteiger partial charge is 0.119 e. The zero-order chi connectivity index (χ0) is 12.5. The van der Waals surface area contributed by atoms with Gasteiger partial charge in [0.25, 0.3) is 0 Å². The van der Waals surface area contributed by atoms with Crippen LogP contribution in [0, 0.1) is 5.92 Å². The first-order valence-electron chi connectivity index (χ1n) is 6.20. The van der Waals surface area contributed by atoms with E-state index in [4.69, 9.17) is 9.47 Å². The van der Waals surface area contributed by atoms with Crippen molar-refractivity contribution < 1.29 is 9.47 Å². The zero-order valence-electron chi connectivity index (χ0n) is 11.0. The van der Waals surface area contributed by atoms with E-state index in [1.807, 2.05) is 24.3 Å². The molecule has 17 heavy (non-hydrogen) atoms. The lowest BCUT2D eigenvalue weighted by Gasteiger charge is -2.09. The van der Waals surface area contributed by atoms with Crippen molar-refractivity contribution in [3.63, 3.8) is 0 Å². The molecular weight excluding hydrogens is 214 g/mol. The Hall–Kier alpha value is -1.22. The molecule has 0 atom stereocenters. The van der Waals surface area contributed by atoms with Crippen molar-refractivity contribution in [3.05, 3.63) is 24.3 Å². The van der Waals surface area contributed by atoms with Gasteiger partial charge in [-0.1, -0.05) is 13.8 Å². The lowest BCUT2D eigenvalue weighted by molar-refractivity contribution is 0.311. The van der Waals surface area contributed by atoms with E-state index >= 15 is 0 Å². The van der Waals surface area contributed by atoms with Crippen LogP contribution in [0.3, 0.4) is 0 Å². The van der Waals surface area contributed by atoms with Crippen molar-refractivity contribution in [2.75, 3.05) is 26.8 Å². The minimum absolute atomic E-state index is 0.699. The predicted molar refractivity (Wildman–Crippen MR) is 70.8 cm³/mol. The van der Waals surface area contributed by atoms with E-state index in [1.165, 1.54) is 6.42 Å². The second kappa shape index (κ2) is 7.96. The molecule has 0 unspecified atom stereocenters. The highest BCUT2D eigenvalue weighted by Crippen LogP contribution is 2.16. The molecule has 0 radical (unpaired) electrons. The van der Waals surface area contributed by atoms with Gasteiger partial charge in [0, 0.05) is 6.54 Å². The third-order valence-electron chi connectivity index (χ3n) is 2.51. The quantitative estimate of drug-likeness (QED) is 0.705.